The van der Waals surface area contributed by atoms with E-state index in [4.69, 9.17) is 9.84 Å². The average Bonchev–Trinajstić information content (AvgIpc) is 2.66. The summed E-state index contributed by atoms with van der Waals surface area (Å²) < 4.78 is 58.4. The summed E-state index contributed by atoms with van der Waals surface area (Å²) in [5.74, 6) is -7.67. The molecule has 6 nitrogen and oxygen atoms in total. The molecule has 27 heavy (non-hydrogen) atoms. The molecule has 0 aliphatic rings. The molecule has 0 heterocycles. The molecule has 0 unspecified atom stereocenters. The van der Waals surface area contributed by atoms with Crippen molar-refractivity contribution in [2.45, 2.75) is 26.2 Å². The molecule has 1 N–H and O–H groups in total. The first-order valence-electron chi connectivity index (χ1n) is 7.90. The molecule has 0 bridgehead atoms. The highest BCUT2D eigenvalue weighted by Gasteiger charge is 2.24. The lowest BCUT2D eigenvalue weighted by Gasteiger charge is -2.12. The van der Waals surface area contributed by atoms with E-state index in [1.807, 2.05) is 0 Å². The summed E-state index contributed by atoms with van der Waals surface area (Å²) in [5, 5.41) is 12.1. The Balaban J connectivity index is 2.27. The molecule has 0 aromatic heterocycles. The summed E-state index contributed by atoms with van der Waals surface area (Å²) in [6, 6.07) is 0. The van der Waals surface area contributed by atoms with Crippen molar-refractivity contribution in [1.82, 2.24) is 5.01 Å². The monoisotopic (exact) mass is 430 g/mol. The fraction of sp³-hybridized carbons (Fsp3) is 0.533. The first-order chi connectivity index (χ1) is 12.8. The van der Waals surface area contributed by atoms with Gasteiger partial charge in [-0.25, -0.2) is 13.6 Å². The number of nitrogens with zero attached hydrogens (tertiary/aromatic N) is 2. The van der Waals surface area contributed by atoms with Crippen molar-refractivity contribution in [3.8, 4) is 5.75 Å². The molecule has 0 radical (unpaired) electrons. The lowest BCUT2D eigenvalue weighted by atomic mass is 10.1. The number of benzene rings is 1. The molecule has 0 saturated heterocycles. The van der Waals surface area contributed by atoms with Gasteiger partial charge in [-0.2, -0.15) is 13.8 Å². The number of hydrogen-bond donors (Lipinski definition) is 1. The van der Waals surface area contributed by atoms with Crippen LogP contribution in [0.5, 0.6) is 5.75 Å². The van der Waals surface area contributed by atoms with E-state index < -0.39 is 40.7 Å². The standard InChI is InChI=1S/C15H18F4N2O4S2/c1-2-5-21(20-24)15(23)25-6-8-27-26-7-3-4-9-10(16)12(18)14(22)13(19)11(9)17/h22H,2-8H2,1H3. The van der Waals surface area contributed by atoms with Crippen molar-refractivity contribution in [2.24, 2.45) is 5.29 Å². The van der Waals surface area contributed by atoms with Crippen molar-refractivity contribution in [2.75, 3.05) is 24.7 Å². The zero-order chi connectivity index (χ0) is 20.4. The number of phenols is 1. The normalized spacial score (nSPS) is 10.7. The molecule has 0 fully saturated rings. The molecule has 1 aromatic carbocycles. The van der Waals surface area contributed by atoms with E-state index >= 15 is 0 Å². The molecule has 0 aliphatic heterocycles. The van der Waals surface area contributed by atoms with E-state index in [9.17, 15) is 27.3 Å². The van der Waals surface area contributed by atoms with Crippen LogP contribution >= 0.6 is 21.6 Å². The van der Waals surface area contributed by atoms with Crippen LogP contribution in [-0.2, 0) is 11.2 Å². The minimum Gasteiger partial charge on any atom is -0.503 e. The van der Waals surface area contributed by atoms with Crippen LogP contribution in [0.15, 0.2) is 5.29 Å². The predicted octanol–water partition coefficient (Wildman–Crippen LogP) is 4.79. The SMILES string of the molecule is CCCN(N=O)C(=O)OCCSSCCCc1c(F)c(F)c(O)c(F)c1F. The van der Waals surface area contributed by atoms with Gasteiger partial charge in [0.25, 0.3) is 0 Å². The van der Waals surface area contributed by atoms with Gasteiger partial charge in [0.05, 0.1) is 11.8 Å². The molecule has 0 spiro atoms. The van der Waals surface area contributed by atoms with Gasteiger partial charge >= 0.3 is 6.09 Å². The van der Waals surface area contributed by atoms with Crippen molar-refractivity contribution in [1.29, 1.82) is 0 Å². The maximum Gasteiger partial charge on any atom is 0.433 e. The summed E-state index contributed by atoms with van der Waals surface area (Å²) in [6.45, 7) is 1.98. The smallest absolute Gasteiger partial charge is 0.433 e. The Labute approximate surface area is 161 Å². The molecule has 0 saturated carbocycles. The maximum absolute atomic E-state index is 13.6. The second-order valence-corrected chi connectivity index (χ2v) is 7.85. The third-order valence-electron chi connectivity index (χ3n) is 3.21. The van der Waals surface area contributed by atoms with Gasteiger partial charge < -0.3 is 9.84 Å². The highest BCUT2D eigenvalue weighted by Crippen LogP contribution is 2.30. The first kappa shape index (κ1) is 23.3. The highest BCUT2D eigenvalue weighted by molar-refractivity contribution is 8.76. The largest absolute Gasteiger partial charge is 0.503 e. The number of carbonyl (C=O) groups is 1. The molecular weight excluding hydrogens is 412 g/mol. The number of rotatable bonds is 11. The van der Waals surface area contributed by atoms with Gasteiger partial charge in [-0.3, -0.25) is 0 Å². The van der Waals surface area contributed by atoms with E-state index in [1.165, 1.54) is 21.6 Å². The number of halogens is 4. The number of phenolic OH excluding ortho intramolecular Hbond substituents is 1. The second kappa shape index (κ2) is 11.9. The van der Waals surface area contributed by atoms with Gasteiger partial charge in [-0.1, -0.05) is 28.5 Å². The quantitative estimate of drug-likeness (QED) is 0.136. The number of nitroso groups, excluding NO2 is 1. The minimum absolute atomic E-state index is 0.0455. The summed E-state index contributed by atoms with van der Waals surface area (Å²) in [6.07, 6.45) is -0.291. The van der Waals surface area contributed by atoms with Gasteiger partial charge in [0.2, 0.25) is 11.6 Å². The van der Waals surface area contributed by atoms with E-state index in [0.717, 1.165) is 0 Å². The summed E-state index contributed by atoms with van der Waals surface area (Å²) >= 11 is 0. The zero-order valence-electron chi connectivity index (χ0n) is 14.3. The average molecular weight is 430 g/mol. The maximum atomic E-state index is 13.6. The highest BCUT2D eigenvalue weighted by atomic mass is 33.1. The molecule has 1 amide bonds. The Morgan fingerprint density at radius 3 is 2.26 bits per heavy atom. The van der Waals surface area contributed by atoms with Gasteiger partial charge in [0, 0.05) is 17.1 Å². The Bertz CT molecular complexity index is 638. The van der Waals surface area contributed by atoms with Crippen molar-refractivity contribution < 1.29 is 32.2 Å². The minimum atomic E-state index is -1.81. The molecule has 12 heteroatoms. The van der Waals surface area contributed by atoms with Crippen LogP contribution in [0, 0.1) is 28.2 Å². The molecule has 1 rings (SSSR count). The van der Waals surface area contributed by atoms with Crippen LogP contribution in [0.1, 0.15) is 25.3 Å². The predicted molar refractivity (Wildman–Crippen MR) is 95.3 cm³/mol. The van der Waals surface area contributed by atoms with Gasteiger partial charge in [-0.15, -0.1) is 4.91 Å². The zero-order valence-corrected chi connectivity index (χ0v) is 16.0. The summed E-state index contributed by atoms with van der Waals surface area (Å²) in [4.78, 5) is 21.9. The third kappa shape index (κ3) is 6.76. The lowest BCUT2D eigenvalue weighted by molar-refractivity contribution is 0.109. The Morgan fingerprint density at radius 2 is 1.70 bits per heavy atom. The topological polar surface area (TPSA) is 79.2 Å². The van der Waals surface area contributed by atoms with Gasteiger partial charge in [0.1, 0.15) is 6.61 Å². The number of amides is 1. The number of hydrogen-bond acceptors (Lipinski definition) is 7. The number of aromatic hydroxyl groups is 1. The lowest BCUT2D eigenvalue weighted by Crippen LogP contribution is -2.27. The van der Waals surface area contributed by atoms with Crippen molar-refractivity contribution in [3.63, 3.8) is 0 Å². The van der Waals surface area contributed by atoms with Gasteiger partial charge in [0.15, 0.2) is 17.4 Å². The van der Waals surface area contributed by atoms with Crippen molar-refractivity contribution in [3.05, 3.63) is 33.7 Å². The first-order valence-corrected chi connectivity index (χ1v) is 10.4. The van der Waals surface area contributed by atoms with E-state index in [0.29, 0.717) is 22.9 Å². The van der Waals surface area contributed by atoms with Gasteiger partial charge in [-0.05, 0) is 19.3 Å². The third-order valence-corrected chi connectivity index (χ3v) is 5.66. The molecule has 0 atom stereocenters. The molecule has 0 aliphatic carbocycles. The van der Waals surface area contributed by atoms with Crippen LogP contribution in [0.3, 0.4) is 0 Å². The fourth-order valence-corrected chi connectivity index (χ4v) is 3.84. The van der Waals surface area contributed by atoms with Crippen LogP contribution in [0.4, 0.5) is 22.4 Å². The summed E-state index contributed by atoms with van der Waals surface area (Å²) in [7, 11) is 2.63. The second-order valence-electron chi connectivity index (χ2n) is 5.15. The van der Waals surface area contributed by atoms with Crippen LogP contribution < -0.4 is 0 Å². The van der Waals surface area contributed by atoms with Crippen molar-refractivity contribution >= 4 is 27.7 Å². The van der Waals surface area contributed by atoms with E-state index in [1.54, 1.807) is 6.92 Å². The van der Waals surface area contributed by atoms with E-state index in [2.05, 4.69) is 5.29 Å². The Kier molecular flexibility index (Phi) is 10.3. The molecule has 152 valence electrons. The number of ether oxygens (including phenoxy) is 1. The molecule has 1 aromatic rings. The van der Waals surface area contributed by atoms with Crippen LogP contribution in [0.2, 0.25) is 0 Å². The Hall–Kier alpha value is -1.69. The Morgan fingerprint density at radius 1 is 1.11 bits per heavy atom. The molecular formula is C15H18F4N2O4S2. The summed E-state index contributed by atoms with van der Waals surface area (Å²) in [5.41, 5.74) is -0.750. The fourth-order valence-electron chi connectivity index (χ4n) is 1.93. The van der Waals surface area contributed by atoms with Crippen LogP contribution in [-0.4, -0.2) is 40.9 Å². The van der Waals surface area contributed by atoms with Crippen LogP contribution in [0.25, 0.3) is 0 Å². The van der Waals surface area contributed by atoms with E-state index in [-0.39, 0.29) is 26.0 Å². The number of carbonyl (C=O) groups excluding carboxylic acids is 1.